The van der Waals surface area contributed by atoms with Crippen molar-refractivity contribution in [1.82, 2.24) is 10.2 Å². The Balaban J connectivity index is 2.04. The molecule has 1 unspecified atom stereocenters. The number of nitrogens with zero attached hydrogens (tertiary/aromatic N) is 1. The second-order valence-corrected chi connectivity index (χ2v) is 3.40. The number of thioether (sulfide) groups is 1. The maximum absolute atomic E-state index is 3.41. The van der Waals surface area contributed by atoms with E-state index in [2.05, 4.69) is 10.2 Å². The van der Waals surface area contributed by atoms with Gasteiger partial charge in [-0.3, -0.25) is 10.2 Å². The molecule has 2 heterocycles. The second-order valence-electron chi connectivity index (χ2n) is 2.21. The zero-order valence-electron chi connectivity index (χ0n) is 4.76. The Morgan fingerprint density at radius 1 is 1.50 bits per heavy atom. The maximum Gasteiger partial charge on any atom is 0.108 e. The highest BCUT2D eigenvalue weighted by Crippen LogP contribution is 2.23. The summed E-state index contributed by atoms with van der Waals surface area (Å²) in [6.07, 6.45) is 0. The molecular formula is C5H10N2S. The van der Waals surface area contributed by atoms with Gasteiger partial charge in [-0.1, -0.05) is 0 Å². The summed E-state index contributed by atoms with van der Waals surface area (Å²) < 4.78 is 0. The smallest absolute Gasteiger partial charge is 0.108 e. The molecule has 2 saturated heterocycles. The quantitative estimate of drug-likeness (QED) is 0.494. The van der Waals surface area contributed by atoms with Crippen molar-refractivity contribution in [2.45, 2.75) is 5.50 Å². The minimum Gasteiger partial charge on any atom is -0.292 e. The minimum absolute atomic E-state index is 0.676. The third-order valence-electron chi connectivity index (χ3n) is 1.70. The van der Waals surface area contributed by atoms with Gasteiger partial charge in [-0.2, -0.15) is 0 Å². The predicted molar refractivity (Wildman–Crippen MR) is 35.8 cm³/mol. The summed E-state index contributed by atoms with van der Waals surface area (Å²) in [5.41, 5.74) is 0.676. The largest absolute Gasteiger partial charge is 0.292 e. The van der Waals surface area contributed by atoms with Crippen molar-refractivity contribution in [3.8, 4) is 0 Å². The van der Waals surface area contributed by atoms with E-state index in [0.717, 1.165) is 0 Å². The second kappa shape index (κ2) is 1.90. The fraction of sp³-hybridized carbons (Fsp3) is 1.00. The Kier molecular flexibility index (Phi) is 1.21. The topological polar surface area (TPSA) is 15.3 Å². The molecule has 46 valence electrons. The average molecular weight is 130 g/mol. The van der Waals surface area contributed by atoms with Crippen molar-refractivity contribution in [2.75, 3.05) is 25.4 Å². The van der Waals surface area contributed by atoms with Crippen LogP contribution in [0.5, 0.6) is 0 Å². The SMILES string of the molecule is C1CN2CCSC2N1. The predicted octanol–water partition coefficient (Wildman–Crippen LogP) is -0.0780. The van der Waals surface area contributed by atoms with E-state index in [1.54, 1.807) is 0 Å². The highest BCUT2D eigenvalue weighted by molar-refractivity contribution is 8.00. The summed E-state index contributed by atoms with van der Waals surface area (Å²) in [6, 6.07) is 0. The van der Waals surface area contributed by atoms with Gasteiger partial charge < -0.3 is 0 Å². The fourth-order valence-electron chi connectivity index (χ4n) is 1.25. The van der Waals surface area contributed by atoms with E-state index in [1.165, 1.54) is 25.4 Å². The fourth-order valence-corrected chi connectivity index (χ4v) is 2.47. The molecule has 0 radical (unpaired) electrons. The van der Waals surface area contributed by atoms with E-state index in [-0.39, 0.29) is 0 Å². The van der Waals surface area contributed by atoms with E-state index in [4.69, 9.17) is 0 Å². The molecule has 0 aromatic heterocycles. The number of rotatable bonds is 0. The number of fused-ring (bicyclic) bond motifs is 1. The third kappa shape index (κ3) is 0.658. The molecule has 2 aliphatic heterocycles. The van der Waals surface area contributed by atoms with Crippen LogP contribution in [0.15, 0.2) is 0 Å². The van der Waals surface area contributed by atoms with Gasteiger partial charge in [0.2, 0.25) is 0 Å². The van der Waals surface area contributed by atoms with Crippen LogP contribution < -0.4 is 5.32 Å². The zero-order chi connectivity index (χ0) is 5.40. The van der Waals surface area contributed by atoms with Crippen LogP contribution in [0.3, 0.4) is 0 Å². The Morgan fingerprint density at radius 2 is 2.50 bits per heavy atom. The Bertz CT molecular complexity index is 76.4. The van der Waals surface area contributed by atoms with Crippen LogP contribution in [0.25, 0.3) is 0 Å². The van der Waals surface area contributed by atoms with Crippen LogP contribution in [0.4, 0.5) is 0 Å². The van der Waals surface area contributed by atoms with Crippen LogP contribution >= 0.6 is 11.8 Å². The lowest BCUT2D eigenvalue weighted by Gasteiger charge is -2.10. The molecule has 2 nitrogen and oxygen atoms in total. The number of hydrogen-bond acceptors (Lipinski definition) is 3. The van der Waals surface area contributed by atoms with Gasteiger partial charge in [0, 0.05) is 25.4 Å². The number of nitrogens with one attached hydrogen (secondary N) is 1. The Morgan fingerprint density at radius 3 is 3.38 bits per heavy atom. The molecule has 3 heteroatoms. The first-order chi connectivity index (χ1) is 3.97. The van der Waals surface area contributed by atoms with Crippen molar-refractivity contribution >= 4 is 11.8 Å². The monoisotopic (exact) mass is 130 g/mol. The molecule has 2 fully saturated rings. The molecule has 8 heavy (non-hydrogen) atoms. The summed E-state index contributed by atoms with van der Waals surface area (Å²) in [7, 11) is 0. The summed E-state index contributed by atoms with van der Waals surface area (Å²) in [5.74, 6) is 1.32. The number of hydrogen-bond donors (Lipinski definition) is 1. The van der Waals surface area contributed by atoms with Gasteiger partial charge in [-0.25, -0.2) is 0 Å². The van der Waals surface area contributed by atoms with Crippen molar-refractivity contribution in [3.05, 3.63) is 0 Å². The summed E-state index contributed by atoms with van der Waals surface area (Å²) in [4.78, 5) is 2.49. The van der Waals surface area contributed by atoms with Gasteiger partial charge in [0.25, 0.3) is 0 Å². The van der Waals surface area contributed by atoms with Crippen LogP contribution in [-0.2, 0) is 0 Å². The molecule has 0 amide bonds. The molecule has 1 N–H and O–H groups in total. The van der Waals surface area contributed by atoms with Gasteiger partial charge in [0.15, 0.2) is 0 Å². The Labute approximate surface area is 53.6 Å². The van der Waals surface area contributed by atoms with E-state index < -0.39 is 0 Å². The van der Waals surface area contributed by atoms with E-state index in [9.17, 15) is 0 Å². The average Bonchev–Trinajstić information content (AvgIpc) is 2.15. The molecule has 0 spiro atoms. The first-order valence-electron chi connectivity index (χ1n) is 3.06. The molecule has 2 aliphatic rings. The summed E-state index contributed by atoms with van der Waals surface area (Å²) in [5, 5.41) is 3.41. The van der Waals surface area contributed by atoms with Gasteiger partial charge in [0.05, 0.1) is 0 Å². The van der Waals surface area contributed by atoms with Gasteiger partial charge in [0.1, 0.15) is 5.50 Å². The standard InChI is InChI=1S/C5H10N2S/c1-2-7-3-4-8-5(7)6-1/h5-6H,1-4H2. The summed E-state index contributed by atoms with van der Waals surface area (Å²) in [6.45, 7) is 3.75. The van der Waals surface area contributed by atoms with Gasteiger partial charge >= 0.3 is 0 Å². The molecule has 0 saturated carbocycles. The van der Waals surface area contributed by atoms with Gasteiger partial charge in [-0.15, -0.1) is 11.8 Å². The van der Waals surface area contributed by atoms with Crippen molar-refractivity contribution in [2.24, 2.45) is 0 Å². The molecule has 2 rings (SSSR count). The molecule has 0 aromatic carbocycles. The van der Waals surface area contributed by atoms with Crippen molar-refractivity contribution in [1.29, 1.82) is 0 Å². The molecule has 0 aliphatic carbocycles. The van der Waals surface area contributed by atoms with Crippen LogP contribution in [0, 0.1) is 0 Å². The molecule has 0 bridgehead atoms. The molecule has 0 aromatic rings. The maximum atomic E-state index is 3.41. The van der Waals surface area contributed by atoms with Crippen molar-refractivity contribution in [3.63, 3.8) is 0 Å². The Hall–Kier alpha value is 0.270. The van der Waals surface area contributed by atoms with Crippen LogP contribution in [0.2, 0.25) is 0 Å². The minimum atomic E-state index is 0.676. The summed E-state index contributed by atoms with van der Waals surface area (Å²) >= 11 is 2.03. The lowest BCUT2D eigenvalue weighted by Crippen LogP contribution is -2.26. The van der Waals surface area contributed by atoms with Crippen LogP contribution in [-0.4, -0.2) is 35.8 Å². The highest BCUT2D eigenvalue weighted by atomic mass is 32.2. The van der Waals surface area contributed by atoms with E-state index >= 15 is 0 Å². The lowest BCUT2D eigenvalue weighted by molar-refractivity contribution is 0.350. The zero-order valence-corrected chi connectivity index (χ0v) is 5.58. The van der Waals surface area contributed by atoms with Gasteiger partial charge in [-0.05, 0) is 0 Å². The highest BCUT2D eigenvalue weighted by Gasteiger charge is 2.28. The normalized spacial score (nSPS) is 38.2. The first kappa shape index (κ1) is 5.09. The third-order valence-corrected chi connectivity index (χ3v) is 2.90. The van der Waals surface area contributed by atoms with E-state index in [1.807, 2.05) is 11.8 Å². The van der Waals surface area contributed by atoms with Crippen molar-refractivity contribution < 1.29 is 0 Å². The molecule has 1 atom stereocenters. The van der Waals surface area contributed by atoms with E-state index in [0.29, 0.717) is 5.50 Å². The lowest BCUT2D eigenvalue weighted by atomic mass is 10.6. The molecular weight excluding hydrogens is 120 g/mol. The van der Waals surface area contributed by atoms with Crippen LogP contribution in [0.1, 0.15) is 0 Å². The first-order valence-corrected chi connectivity index (χ1v) is 4.11.